The van der Waals surface area contributed by atoms with Crippen LogP contribution in [0.4, 0.5) is 0 Å². The van der Waals surface area contributed by atoms with E-state index in [1.54, 1.807) is 37.4 Å². The summed E-state index contributed by atoms with van der Waals surface area (Å²) in [5.74, 6) is -0.865. The molecule has 1 saturated heterocycles. The van der Waals surface area contributed by atoms with Gasteiger partial charge in [0.05, 0.1) is 25.3 Å². The Morgan fingerprint density at radius 3 is 2.55 bits per heavy atom. The van der Waals surface area contributed by atoms with E-state index >= 15 is 0 Å². The number of likely N-dealkylation sites (tertiary alicyclic amines) is 1. The zero-order chi connectivity index (χ0) is 23.7. The minimum Gasteiger partial charge on any atom is -0.508 e. The van der Waals surface area contributed by atoms with E-state index in [2.05, 4.69) is 0 Å². The van der Waals surface area contributed by atoms with Gasteiger partial charge in [-0.15, -0.1) is 11.3 Å². The van der Waals surface area contributed by atoms with Crippen LogP contribution in [0.3, 0.4) is 0 Å². The van der Waals surface area contributed by atoms with Crippen molar-refractivity contribution < 1.29 is 24.5 Å². The second-order valence-electron chi connectivity index (χ2n) is 8.21. The summed E-state index contributed by atoms with van der Waals surface area (Å²) in [6.45, 7) is 4.24. The van der Waals surface area contributed by atoms with Crippen LogP contribution >= 0.6 is 11.3 Å². The first kappa shape index (κ1) is 22.6. The number of carbonyl (C=O) groups excluding carboxylic acids is 2. The van der Waals surface area contributed by atoms with Crippen molar-refractivity contribution in [2.24, 2.45) is 0 Å². The molecule has 1 atom stereocenters. The largest absolute Gasteiger partial charge is 0.508 e. The predicted molar refractivity (Wildman–Crippen MR) is 127 cm³/mol. The Balaban J connectivity index is 1.89. The molecular formula is C26H25NO5S. The molecule has 1 aliphatic heterocycles. The third-order valence-electron chi connectivity index (χ3n) is 5.76. The molecule has 2 aromatic carbocycles. The molecular weight excluding hydrogens is 438 g/mol. The maximum atomic E-state index is 13.2. The number of Topliss-reactive ketones (excluding diaryl/α,β-unsaturated/α-hetero) is 1. The molecule has 1 amide bonds. The van der Waals surface area contributed by atoms with E-state index in [4.69, 9.17) is 4.74 Å². The molecule has 1 unspecified atom stereocenters. The predicted octanol–water partition coefficient (Wildman–Crippen LogP) is 5.21. The number of ketones is 1. The molecule has 3 aromatic rings. The lowest BCUT2D eigenvalue weighted by Crippen LogP contribution is -2.28. The van der Waals surface area contributed by atoms with Crippen LogP contribution in [-0.2, 0) is 16.1 Å². The number of hydrogen-bond donors (Lipinski definition) is 2. The summed E-state index contributed by atoms with van der Waals surface area (Å²) in [6, 6.07) is 14.6. The van der Waals surface area contributed by atoms with Crippen molar-refractivity contribution in [3.05, 3.63) is 87.1 Å². The SMILES string of the molecule is COc1ccc(/C(O)=C2/C(=O)C(=O)N(Cc3cccs3)C2c2cccc(O)c2)cc1C(C)C. The van der Waals surface area contributed by atoms with E-state index in [0.717, 1.165) is 10.4 Å². The fourth-order valence-corrected chi connectivity index (χ4v) is 4.85. The Hall–Kier alpha value is -3.58. The fourth-order valence-electron chi connectivity index (χ4n) is 4.14. The highest BCUT2D eigenvalue weighted by Crippen LogP contribution is 2.42. The average Bonchev–Trinajstić information content (AvgIpc) is 3.40. The standard InChI is InChI=1S/C26H25NO5S/c1-15(2)20-13-17(9-10-21(20)32-3)24(29)22-23(16-6-4-7-18(28)12-16)27(26(31)25(22)30)14-19-8-5-11-33-19/h4-13,15,23,28-29H,14H2,1-3H3/b24-22-. The topological polar surface area (TPSA) is 87.1 Å². The molecule has 0 radical (unpaired) electrons. The Kier molecular flexibility index (Phi) is 6.24. The lowest BCUT2D eigenvalue weighted by molar-refractivity contribution is -0.140. The first-order valence-electron chi connectivity index (χ1n) is 10.6. The van der Waals surface area contributed by atoms with Crippen molar-refractivity contribution in [1.29, 1.82) is 0 Å². The second kappa shape index (κ2) is 9.11. The number of amides is 1. The molecule has 0 bridgehead atoms. The summed E-state index contributed by atoms with van der Waals surface area (Å²) in [5.41, 5.74) is 1.86. The number of nitrogens with zero attached hydrogens (tertiary/aromatic N) is 1. The number of aliphatic hydroxyl groups is 1. The van der Waals surface area contributed by atoms with Crippen LogP contribution in [0.15, 0.2) is 65.6 Å². The summed E-state index contributed by atoms with van der Waals surface area (Å²) in [6.07, 6.45) is 0. The lowest BCUT2D eigenvalue weighted by atomic mass is 9.93. The van der Waals surface area contributed by atoms with Crippen molar-refractivity contribution in [2.75, 3.05) is 7.11 Å². The van der Waals surface area contributed by atoms with Crippen molar-refractivity contribution in [3.8, 4) is 11.5 Å². The molecule has 7 heteroatoms. The fraction of sp³-hybridized carbons (Fsp3) is 0.231. The summed E-state index contributed by atoms with van der Waals surface area (Å²) < 4.78 is 5.43. The van der Waals surface area contributed by atoms with E-state index < -0.39 is 17.7 Å². The van der Waals surface area contributed by atoms with Crippen LogP contribution in [0.5, 0.6) is 11.5 Å². The molecule has 1 aromatic heterocycles. The number of phenolic OH excluding ortho intramolecular Hbond substituents is 1. The number of ether oxygens (including phenoxy) is 1. The molecule has 2 heterocycles. The Morgan fingerprint density at radius 2 is 1.91 bits per heavy atom. The van der Waals surface area contributed by atoms with E-state index in [1.165, 1.54) is 28.4 Å². The molecule has 1 fully saturated rings. The summed E-state index contributed by atoms with van der Waals surface area (Å²) in [4.78, 5) is 28.6. The minimum absolute atomic E-state index is 0.00188. The summed E-state index contributed by atoms with van der Waals surface area (Å²) in [7, 11) is 1.58. The molecule has 0 aliphatic carbocycles. The highest BCUT2D eigenvalue weighted by atomic mass is 32.1. The van der Waals surface area contributed by atoms with Gasteiger partial charge in [0, 0.05) is 10.4 Å². The molecule has 1 aliphatic rings. The number of benzene rings is 2. The van der Waals surface area contributed by atoms with Crippen LogP contribution in [0, 0.1) is 0 Å². The maximum Gasteiger partial charge on any atom is 0.295 e. The van der Waals surface area contributed by atoms with Gasteiger partial charge in [0.1, 0.15) is 17.3 Å². The average molecular weight is 464 g/mol. The Labute approximate surface area is 196 Å². The third-order valence-corrected chi connectivity index (χ3v) is 6.62. The van der Waals surface area contributed by atoms with Gasteiger partial charge in [-0.2, -0.15) is 0 Å². The summed E-state index contributed by atoms with van der Waals surface area (Å²) in [5, 5.41) is 23.3. The van der Waals surface area contributed by atoms with Gasteiger partial charge in [-0.25, -0.2) is 0 Å². The number of phenols is 1. The van der Waals surface area contributed by atoms with Crippen LogP contribution < -0.4 is 4.74 Å². The molecule has 4 rings (SSSR count). The van der Waals surface area contributed by atoms with Crippen molar-refractivity contribution in [1.82, 2.24) is 4.90 Å². The monoisotopic (exact) mass is 463 g/mol. The van der Waals surface area contributed by atoms with Crippen LogP contribution in [0.25, 0.3) is 5.76 Å². The molecule has 0 spiro atoms. The van der Waals surface area contributed by atoms with Crippen LogP contribution in [-0.4, -0.2) is 33.9 Å². The maximum absolute atomic E-state index is 13.2. The van der Waals surface area contributed by atoms with E-state index in [1.807, 2.05) is 31.4 Å². The Morgan fingerprint density at radius 1 is 1.12 bits per heavy atom. The summed E-state index contributed by atoms with van der Waals surface area (Å²) >= 11 is 1.48. The molecule has 33 heavy (non-hydrogen) atoms. The first-order chi connectivity index (χ1) is 15.8. The molecule has 170 valence electrons. The zero-order valence-electron chi connectivity index (χ0n) is 18.6. The van der Waals surface area contributed by atoms with E-state index in [-0.39, 0.29) is 29.5 Å². The molecule has 0 saturated carbocycles. The van der Waals surface area contributed by atoms with E-state index in [0.29, 0.717) is 16.9 Å². The smallest absolute Gasteiger partial charge is 0.295 e. The number of hydrogen-bond acceptors (Lipinski definition) is 6. The highest BCUT2D eigenvalue weighted by molar-refractivity contribution is 7.09. The van der Waals surface area contributed by atoms with Gasteiger partial charge < -0.3 is 19.8 Å². The van der Waals surface area contributed by atoms with Crippen LogP contribution in [0.1, 0.15) is 47.4 Å². The van der Waals surface area contributed by atoms with Gasteiger partial charge in [-0.3, -0.25) is 9.59 Å². The molecule has 2 N–H and O–H groups in total. The number of rotatable bonds is 6. The number of thiophene rings is 1. The van der Waals surface area contributed by atoms with Crippen LogP contribution in [0.2, 0.25) is 0 Å². The van der Waals surface area contributed by atoms with Gasteiger partial charge in [0.25, 0.3) is 11.7 Å². The number of methoxy groups -OCH3 is 1. The number of carbonyl (C=O) groups is 2. The first-order valence-corrected chi connectivity index (χ1v) is 11.5. The van der Waals surface area contributed by atoms with Gasteiger partial charge in [-0.05, 0) is 58.8 Å². The minimum atomic E-state index is -0.830. The number of aliphatic hydroxyl groups excluding tert-OH is 1. The highest BCUT2D eigenvalue weighted by Gasteiger charge is 2.46. The third kappa shape index (κ3) is 4.24. The number of aromatic hydroxyl groups is 1. The van der Waals surface area contributed by atoms with Gasteiger partial charge in [0.2, 0.25) is 0 Å². The quantitative estimate of drug-likeness (QED) is 0.298. The lowest BCUT2D eigenvalue weighted by Gasteiger charge is -2.25. The van der Waals surface area contributed by atoms with Gasteiger partial charge in [0.15, 0.2) is 0 Å². The van der Waals surface area contributed by atoms with Crippen molar-refractivity contribution in [2.45, 2.75) is 32.4 Å². The molecule has 6 nitrogen and oxygen atoms in total. The van der Waals surface area contributed by atoms with Gasteiger partial charge >= 0.3 is 0 Å². The second-order valence-corrected chi connectivity index (χ2v) is 9.25. The van der Waals surface area contributed by atoms with Gasteiger partial charge in [-0.1, -0.05) is 32.0 Å². The zero-order valence-corrected chi connectivity index (χ0v) is 19.4. The van der Waals surface area contributed by atoms with Crippen molar-refractivity contribution in [3.63, 3.8) is 0 Å². The normalized spacial score (nSPS) is 17.7. The van der Waals surface area contributed by atoms with E-state index in [9.17, 15) is 19.8 Å². The van der Waals surface area contributed by atoms with Crippen molar-refractivity contribution >= 4 is 28.8 Å². The Bertz CT molecular complexity index is 1230.